The van der Waals surface area contributed by atoms with Crippen molar-refractivity contribution in [3.05, 3.63) is 75.3 Å². The molecule has 0 amide bonds. The first-order valence-corrected chi connectivity index (χ1v) is 8.95. The van der Waals surface area contributed by atoms with Crippen LogP contribution in [0, 0.1) is 5.82 Å². The molecule has 0 saturated carbocycles. The predicted molar refractivity (Wildman–Crippen MR) is 103 cm³/mol. The van der Waals surface area contributed by atoms with Crippen LogP contribution >= 0.6 is 11.6 Å². The van der Waals surface area contributed by atoms with Crippen molar-refractivity contribution >= 4 is 23.1 Å². The molecule has 3 aromatic rings. The lowest BCUT2D eigenvalue weighted by molar-refractivity contribution is 0.445. The molecule has 4 rings (SSSR count). The zero-order chi connectivity index (χ0) is 20.5. The van der Waals surface area contributed by atoms with E-state index in [0.29, 0.717) is 30.9 Å². The number of aromatic nitrogens is 4. The Kier molecular flexibility index (Phi) is 4.98. The number of benzene rings is 1. The van der Waals surface area contributed by atoms with E-state index in [9.17, 15) is 13.6 Å². The topological polar surface area (TPSA) is 84.0 Å². The fourth-order valence-corrected chi connectivity index (χ4v) is 3.33. The highest BCUT2D eigenvalue weighted by molar-refractivity contribution is 6.33. The Morgan fingerprint density at radius 1 is 1.34 bits per heavy atom. The van der Waals surface area contributed by atoms with Gasteiger partial charge in [0, 0.05) is 12.1 Å². The minimum Gasteiger partial charge on any atom is -0.438 e. The molecule has 1 aliphatic heterocycles. The van der Waals surface area contributed by atoms with Gasteiger partial charge in [0.1, 0.15) is 28.7 Å². The number of aromatic amines is 1. The molecule has 0 fully saturated rings. The molecule has 0 bridgehead atoms. The lowest BCUT2D eigenvalue weighted by atomic mass is 10.1. The summed E-state index contributed by atoms with van der Waals surface area (Å²) >= 11 is 6.09. The Morgan fingerprint density at radius 2 is 2.17 bits per heavy atom. The summed E-state index contributed by atoms with van der Waals surface area (Å²) in [6.07, 6.45) is 3.29. The molecule has 7 nitrogen and oxygen atoms in total. The van der Waals surface area contributed by atoms with E-state index in [1.807, 2.05) is 4.90 Å². The summed E-state index contributed by atoms with van der Waals surface area (Å²) in [5, 5.41) is 6.11. The highest BCUT2D eigenvalue weighted by atomic mass is 35.5. The van der Waals surface area contributed by atoms with Crippen LogP contribution in [0.4, 0.5) is 14.5 Å². The first-order chi connectivity index (χ1) is 13.9. The number of anilines is 1. The van der Waals surface area contributed by atoms with E-state index in [1.54, 1.807) is 0 Å². The second-order valence-corrected chi connectivity index (χ2v) is 6.70. The minimum absolute atomic E-state index is 0.0476. The van der Waals surface area contributed by atoms with E-state index in [1.165, 1.54) is 24.7 Å². The van der Waals surface area contributed by atoms with Gasteiger partial charge < -0.3 is 9.64 Å². The second-order valence-electron chi connectivity index (χ2n) is 6.32. The Hall–Kier alpha value is -3.33. The molecule has 148 valence electrons. The molecular formula is C19H14ClF2N5O2. The van der Waals surface area contributed by atoms with Crippen LogP contribution in [-0.4, -0.2) is 26.7 Å². The zero-order valence-corrected chi connectivity index (χ0v) is 15.7. The summed E-state index contributed by atoms with van der Waals surface area (Å²) in [6.45, 7) is 4.08. The maximum Gasteiger partial charge on any atom is 0.285 e. The van der Waals surface area contributed by atoms with Gasteiger partial charge in [-0.3, -0.25) is 4.79 Å². The van der Waals surface area contributed by atoms with Crippen LogP contribution in [0.25, 0.3) is 5.83 Å². The summed E-state index contributed by atoms with van der Waals surface area (Å²) in [6, 6.07) is 3.49. The van der Waals surface area contributed by atoms with Crippen molar-refractivity contribution in [2.75, 3.05) is 11.4 Å². The van der Waals surface area contributed by atoms with Crippen LogP contribution in [0.3, 0.4) is 0 Å². The van der Waals surface area contributed by atoms with E-state index in [-0.39, 0.29) is 22.2 Å². The molecule has 0 atom stereocenters. The van der Waals surface area contributed by atoms with E-state index in [2.05, 4.69) is 26.7 Å². The van der Waals surface area contributed by atoms with Crippen LogP contribution in [0.2, 0.25) is 5.02 Å². The maximum atomic E-state index is 13.7. The predicted octanol–water partition coefficient (Wildman–Crippen LogP) is 3.65. The van der Waals surface area contributed by atoms with Gasteiger partial charge in [-0.05, 0) is 24.6 Å². The Bertz CT molecular complexity index is 1170. The van der Waals surface area contributed by atoms with Crippen LogP contribution in [0.1, 0.15) is 16.8 Å². The van der Waals surface area contributed by atoms with Crippen molar-refractivity contribution in [2.45, 2.75) is 13.0 Å². The molecule has 0 unspecified atom stereocenters. The molecule has 3 heterocycles. The summed E-state index contributed by atoms with van der Waals surface area (Å²) in [5.41, 5.74) is 1.34. The Morgan fingerprint density at radius 3 is 2.97 bits per heavy atom. The van der Waals surface area contributed by atoms with Crippen molar-refractivity contribution in [1.82, 2.24) is 20.2 Å². The van der Waals surface area contributed by atoms with E-state index in [4.69, 9.17) is 16.3 Å². The number of nitrogens with one attached hydrogen (secondary N) is 1. The van der Waals surface area contributed by atoms with Gasteiger partial charge in [0.05, 0.1) is 29.7 Å². The summed E-state index contributed by atoms with van der Waals surface area (Å²) in [7, 11) is 0. The molecule has 1 N–H and O–H groups in total. The van der Waals surface area contributed by atoms with Crippen molar-refractivity contribution in [3.8, 4) is 11.6 Å². The monoisotopic (exact) mass is 417 g/mol. The van der Waals surface area contributed by atoms with Gasteiger partial charge in [0.25, 0.3) is 5.56 Å². The molecular weight excluding hydrogens is 404 g/mol. The fourth-order valence-electron chi connectivity index (χ4n) is 3.12. The van der Waals surface area contributed by atoms with Gasteiger partial charge in [-0.25, -0.2) is 23.8 Å². The summed E-state index contributed by atoms with van der Waals surface area (Å²) < 4.78 is 32.9. The van der Waals surface area contributed by atoms with Crippen molar-refractivity contribution in [1.29, 1.82) is 0 Å². The number of nitrogens with zero attached hydrogens (tertiary/aromatic N) is 4. The SMILES string of the molecule is C=C(F)c1cc(F)ccc1Oc1ncnc2c1CCN(c1cn[nH]c(=O)c1Cl)C2. The van der Waals surface area contributed by atoms with Crippen LogP contribution in [0.15, 0.2) is 42.1 Å². The first-order valence-electron chi connectivity index (χ1n) is 8.57. The molecule has 1 aromatic carbocycles. The first kappa shape index (κ1) is 19.0. The van der Waals surface area contributed by atoms with E-state index in [0.717, 1.165) is 11.6 Å². The number of fused-ring (bicyclic) bond motifs is 1. The van der Waals surface area contributed by atoms with Gasteiger partial charge in [-0.15, -0.1) is 0 Å². The normalized spacial score (nSPS) is 13.1. The van der Waals surface area contributed by atoms with E-state index >= 15 is 0 Å². The quantitative estimate of drug-likeness (QED) is 0.697. The molecule has 10 heteroatoms. The lowest BCUT2D eigenvalue weighted by Gasteiger charge is -2.30. The fraction of sp³-hybridized carbons (Fsp3) is 0.158. The molecule has 0 aliphatic carbocycles. The number of hydrogen-bond acceptors (Lipinski definition) is 6. The number of H-pyrrole nitrogens is 1. The molecule has 0 radical (unpaired) electrons. The van der Waals surface area contributed by atoms with Gasteiger partial charge in [-0.1, -0.05) is 18.2 Å². The number of hydrogen-bond donors (Lipinski definition) is 1. The van der Waals surface area contributed by atoms with Crippen LogP contribution in [-0.2, 0) is 13.0 Å². The van der Waals surface area contributed by atoms with Crippen molar-refractivity contribution < 1.29 is 13.5 Å². The molecule has 1 aliphatic rings. The molecule has 0 saturated heterocycles. The third-order valence-electron chi connectivity index (χ3n) is 4.53. The third kappa shape index (κ3) is 3.68. The van der Waals surface area contributed by atoms with Crippen molar-refractivity contribution in [2.24, 2.45) is 0 Å². The Labute approximate surface area is 168 Å². The highest BCUT2D eigenvalue weighted by Gasteiger charge is 2.25. The molecule has 29 heavy (non-hydrogen) atoms. The van der Waals surface area contributed by atoms with Gasteiger partial charge in [0.2, 0.25) is 5.88 Å². The van der Waals surface area contributed by atoms with Crippen LogP contribution < -0.4 is 15.2 Å². The van der Waals surface area contributed by atoms with Gasteiger partial charge in [0.15, 0.2) is 0 Å². The average molecular weight is 418 g/mol. The van der Waals surface area contributed by atoms with Crippen molar-refractivity contribution in [3.63, 3.8) is 0 Å². The number of rotatable bonds is 4. The smallest absolute Gasteiger partial charge is 0.285 e. The molecule has 2 aromatic heterocycles. The lowest BCUT2D eigenvalue weighted by Crippen LogP contribution is -2.33. The highest BCUT2D eigenvalue weighted by Crippen LogP contribution is 2.34. The maximum absolute atomic E-state index is 13.7. The van der Waals surface area contributed by atoms with Gasteiger partial charge in [-0.2, -0.15) is 5.10 Å². The summed E-state index contributed by atoms with van der Waals surface area (Å²) in [4.78, 5) is 22.0. The largest absolute Gasteiger partial charge is 0.438 e. The third-order valence-corrected chi connectivity index (χ3v) is 4.89. The Balaban J connectivity index is 1.65. The van der Waals surface area contributed by atoms with Gasteiger partial charge >= 0.3 is 0 Å². The number of halogens is 3. The molecule has 0 spiro atoms. The summed E-state index contributed by atoms with van der Waals surface area (Å²) in [5.74, 6) is -1.07. The zero-order valence-electron chi connectivity index (χ0n) is 15.0. The van der Waals surface area contributed by atoms with Crippen LogP contribution in [0.5, 0.6) is 11.6 Å². The second kappa shape index (κ2) is 7.59. The standard InChI is InChI=1S/C19H14ClF2N5O2/c1-10(21)13-6-11(22)2-3-16(13)29-19-12-4-5-27(8-14(12)23-9-24-19)15-7-25-26-18(28)17(15)20/h2-3,6-7,9H,1,4-5,8H2,(H,26,28). The number of ether oxygens (including phenoxy) is 1. The average Bonchev–Trinajstić information content (AvgIpc) is 2.71. The van der Waals surface area contributed by atoms with E-state index < -0.39 is 17.2 Å². The minimum atomic E-state index is -0.815.